The van der Waals surface area contributed by atoms with Crippen LogP contribution in [0.4, 0.5) is 11.4 Å². The van der Waals surface area contributed by atoms with Gasteiger partial charge in [-0.3, -0.25) is 9.52 Å². The average Bonchev–Trinajstić information content (AvgIpc) is 2.68. The zero-order chi connectivity index (χ0) is 20.1. The predicted octanol–water partition coefficient (Wildman–Crippen LogP) is 4.06. The number of rotatable bonds is 6. The van der Waals surface area contributed by atoms with Crippen LogP contribution in [0.1, 0.15) is 15.9 Å². The molecule has 0 aliphatic heterocycles. The van der Waals surface area contributed by atoms with Gasteiger partial charge >= 0.3 is 0 Å². The van der Waals surface area contributed by atoms with Crippen molar-refractivity contribution in [1.82, 2.24) is 0 Å². The first-order valence-electron chi connectivity index (χ1n) is 8.52. The molecule has 0 fully saturated rings. The van der Waals surface area contributed by atoms with Gasteiger partial charge in [0.2, 0.25) is 0 Å². The summed E-state index contributed by atoms with van der Waals surface area (Å²) in [5.74, 6) is 0.324. The molecule has 0 aliphatic rings. The topological polar surface area (TPSA) is 84.5 Å². The number of ether oxygens (including phenoxy) is 1. The highest BCUT2D eigenvalue weighted by Crippen LogP contribution is 2.20. The molecule has 0 bridgehead atoms. The van der Waals surface area contributed by atoms with E-state index in [1.54, 1.807) is 30.3 Å². The van der Waals surface area contributed by atoms with Crippen molar-refractivity contribution in [1.29, 1.82) is 0 Å². The van der Waals surface area contributed by atoms with Crippen molar-refractivity contribution in [2.45, 2.75) is 11.8 Å². The van der Waals surface area contributed by atoms with Gasteiger partial charge in [-0.1, -0.05) is 12.1 Å². The molecule has 3 aromatic carbocycles. The van der Waals surface area contributed by atoms with E-state index in [0.717, 1.165) is 5.56 Å². The summed E-state index contributed by atoms with van der Waals surface area (Å²) in [6, 6.07) is 19.7. The highest BCUT2D eigenvalue weighted by atomic mass is 32.2. The number of anilines is 2. The molecule has 0 aromatic heterocycles. The first-order valence-corrected chi connectivity index (χ1v) is 10.0. The van der Waals surface area contributed by atoms with E-state index < -0.39 is 10.0 Å². The number of methoxy groups -OCH3 is 1. The number of hydrogen-bond acceptors (Lipinski definition) is 4. The van der Waals surface area contributed by atoms with Crippen molar-refractivity contribution in [2.24, 2.45) is 0 Å². The quantitative estimate of drug-likeness (QED) is 0.658. The zero-order valence-electron chi connectivity index (χ0n) is 15.5. The minimum atomic E-state index is -3.76. The molecule has 3 aromatic rings. The van der Waals surface area contributed by atoms with E-state index in [2.05, 4.69) is 10.0 Å². The van der Waals surface area contributed by atoms with Gasteiger partial charge in [-0.15, -0.1) is 0 Å². The summed E-state index contributed by atoms with van der Waals surface area (Å²) >= 11 is 0. The highest BCUT2D eigenvalue weighted by Gasteiger charge is 2.15. The number of carbonyl (C=O) groups excluding carboxylic acids is 1. The lowest BCUT2D eigenvalue weighted by Gasteiger charge is -2.10. The van der Waals surface area contributed by atoms with Gasteiger partial charge in [0.1, 0.15) is 5.75 Å². The Morgan fingerprint density at radius 3 is 2.18 bits per heavy atom. The Bertz CT molecular complexity index is 1080. The number of benzene rings is 3. The molecule has 0 saturated heterocycles. The van der Waals surface area contributed by atoms with Crippen LogP contribution < -0.4 is 14.8 Å². The SMILES string of the molecule is COc1ccc(NS(=O)(=O)c2ccc(C(=O)Nc3cccc(C)c3)cc2)cc1. The van der Waals surface area contributed by atoms with Crippen LogP contribution in [0.3, 0.4) is 0 Å². The maximum atomic E-state index is 12.5. The van der Waals surface area contributed by atoms with E-state index in [1.807, 2.05) is 25.1 Å². The Hall–Kier alpha value is -3.32. The zero-order valence-corrected chi connectivity index (χ0v) is 16.3. The summed E-state index contributed by atoms with van der Waals surface area (Å²) in [6.07, 6.45) is 0. The second-order valence-corrected chi connectivity index (χ2v) is 7.86. The molecule has 0 unspecified atom stereocenters. The summed E-state index contributed by atoms with van der Waals surface area (Å²) in [5, 5.41) is 2.79. The number of hydrogen-bond donors (Lipinski definition) is 2. The van der Waals surface area contributed by atoms with Crippen LogP contribution >= 0.6 is 0 Å². The first kappa shape index (κ1) is 19.4. The van der Waals surface area contributed by atoms with Gasteiger partial charge in [0, 0.05) is 16.9 Å². The fourth-order valence-corrected chi connectivity index (χ4v) is 3.64. The molecule has 2 N–H and O–H groups in total. The minimum Gasteiger partial charge on any atom is -0.497 e. The van der Waals surface area contributed by atoms with E-state index in [0.29, 0.717) is 22.7 Å². The van der Waals surface area contributed by atoms with Crippen molar-refractivity contribution in [2.75, 3.05) is 17.1 Å². The maximum Gasteiger partial charge on any atom is 0.261 e. The Morgan fingerprint density at radius 2 is 1.57 bits per heavy atom. The number of sulfonamides is 1. The molecular weight excluding hydrogens is 376 g/mol. The second kappa shape index (κ2) is 8.14. The van der Waals surface area contributed by atoms with Crippen molar-refractivity contribution in [3.05, 3.63) is 83.9 Å². The molecule has 0 aliphatic carbocycles. The number of amides is 1. The maximum absolute atomic E-state index is 12.5. The average molecular weight is 396 g/mol. The van der Waals surface area contributed by atoms with Crippen molar-refractivity contribution in [3.63, 3.8) is 0 Å². The largest absolute Gasteiger partial charge is 0.497 e. The van der Waals surface area contributed by atoms with Crippen LogP contribution in [-0.2, 0) is 10.0 Å². The molecule has 1 amide bonds. The molecule has 28 heavy (non-hydrogen) atoms. The Kier molecular flexibility index (Phi) is 5.65. The van der Waals surface area contributed by atoms with Crippen LogP contribution in [0.15, 0.2) is 77.7 Å². The van der Waals surface area contributed by atoms with Crippen LogP contribution in [-0.4, -0.2) is 21.4 Å². The van der Waals surface area contributed by atoms with Gasteiger partial charge in [-0.2, -0.15) is 0 Å². The fourth-order valence-electron chi connectivity index (χ4n) is 2.58. The summed E-state index contributed by atoms with van der Waals surface area (Å²) in [5.41, 5.74) is 2.50. The van der Waals surface area contributed by atoms with Crippen LogP contribution in [0.2, 0.25) is 0 Å². The number of aryl methyl sites for hydroxylation is 1. The Labute approximate surface area is 164 Å². The van der Waals surface area contributed by atoms with Crippen LogP contribution in [0.25, 0.3) is 0 Å². The summed E-state index contributed by atoms with van der Waals surface area (Å²) in [6.45, 7) is 1.94. The Morgan fingerprint density at radius 1 is 0.893 bits per heavy atom. The normalized spacial score (nSPS) is 10.9. The lowest BCUT2D eigenvalue weighted by atomic mass is 10.2. The monoisotopic (exact) mass is 396 g/mol. The first-order chi connectivity index (χ1) is 13.4. The summed E-state index contributed by atoms with van der Waals surface area (Å²) < 4.78 is 32.6. The fraction of sp³-hybridized carbons (Fsp3) is 0.0952. The van der Waals surface area contributed by atoms with Crippen LogP contribution in [0.5, 0.6) is 5.75 Å². The van der Waals surface area contributed by atoms with Crippen molar-refractivity contribution < 1.29 is 17.9 Å². The molecule has 144 valence electrons. The van der Waals surface area contributed by atoms with Gasteiger partial charge in [0.15, 0.2) is 0 Å². The van der Waals surface area contributed by atoms with Crippen molar-refractivity contribution in [3.8, 4) is 5.75 Å². The molecule has 6 nitrogen and oxygen atoms in total. The van der Waals surface area contributed by atoms with Gasteiger partial charge < -0.3 is 10.1 Å². The second-order valence-electron chi connectivity index (χ2n) is 6.18. The third-order valence-electron chi connectivity index (χ3n) is 4.04. The predicted molar refractivity (Wildman–Crippen MR) is 109 cm³/mol. The van der Waals surface area contributed by atoms with Gasteiger partial charge in [0.25, 0.3) is 15.9 Å². The lowest BCUT2D eigenvalue weighted by molar-refractivity contribution is 0.102. The molecular formula is C21H20N2O4S. The Balaban J connectivity index is 1.72. The number of carbonyl (C=O) groups is 1. The molecule has 3 rings (SSSR count). The highest BCUT2D eigenvalue weighted by molar-refractivity contribution is 7.92. The summed E-state index contributed by atoms with van der Waals surface area (Å²) in [4.78, 5) is 12.4. The number of nitrogens with one attached hydrogen (secondary N) is 2. The molecule has 0 heterocycles. The molecule has 0 saturated carbocycles. The molecule has 0 radical (unpaired) electrons. The van der Waals surface area contributed by atoms with E-state index in [9.17, 15) is 13.2 Å². The summed E-state index contributed by atoms with van der Waals surface area (Å²) in [7, 11) is -2.22. The van der Waals surface area contributed by atoms with E-state index >= 15 is 0 Å². The van der Waals surface area contributed by atoms with Gasteiger partial charge in [-0.05, 0) is 73.2 Å². The van der Waals surface area contributed by atoms with E-state index in [4.69, 9.17) is 4.74 Å². The third kappa shape index (κ3) is 4.69. The molecule has 0 atom stereocenters. The van der Waals surface area contributed by atoms with Gasteiger partial charge in [0.05, 0.1) is 12.0 Å². The van der Waals surface area contributed by atoms with Crippen molar-refractivity contribution >= 4 is 27.3 Å². The standard InChI is InChI=1S/C21H20N2O4S/c1-15-4-3-5-18(14-15)22-21(24)16-6-12-20(13-7-16)28(25,26)23-17-8-10-19(27-2)11-9-17/h3-14,23H,1-2H3,(H,22,24). The van der Waals surface area contributed by atoms with E-state index in [-0.39, 0.29) is 10.8 Å². The lowest BCUT2D eigenvalue weighted by Crippen LogP contribution is -2.14. The van der Waals surface area contributed by atoms with Crippen LogP contribution in [0, 0.1) is 6.92 Å². The van der Waals surface area contributed by atoms with E-state index in [1.165, 1.54) is 31.4 Å². The third-order valence-corrected chi connectivity index (χ3v) is 5.44. The molecule has 0 spiro atoms. The minimum absolute atomic E-state index is 0.0652. The van der Waals surface area contributed by atoms with Gasteiger partial charge in [-0.25, -0.2) is 8.42 Å². The molecule has 7 heteroatoms. The smallest absolute Gasteiger partial charge is 0.261 e.